The maximum Gasteiger partial charge on any atom is 0.163 e. The normalized spacial score (nSPS) is 19.1. The molecule has 0 amide bonds. The summed E-state index contributed by atoms with van der Waals surface area (Å²) in [5.41, 5.74) is 5.97. The van der Waals surface area contributed by atoms with Gasteiger partial charge in [-0.25, -0.2) is 0 Å². The number of rotatable bonds is 3. The molecule has 0 saturated carbocycles. The third-order valence-corrected chi connectivity index (χ3v) is 4.44. The number of hydrogen-bond donors (Lipinski definition) is 0. The predicted octanol–water partition coefficient (Wildman–Crippen LogP) is 3.63. The Labute approximate surface area is 118 Å². The fourth-order valence-electron chi connectivity index (χ4n) is 3.23. The highest BCUT2D eigenvalue weighted by Crippen LogP contribution is 2.38. The molecule has 0 bridgehead atoms. The number of ether oxygens (including phenoxy) is 1. The second-order valence-corrected chi connectivity index (χ2v) is 5.70. The summed E-state index contributed by atoms with van der Waals surface area (Å²) in [6.45, 7) is 1.32. The first-order chi connectivity index (χ1) is 9.81. The summed E-state index contributed by atoms with van der Waals surface area (Å²) in [4.78, 5) is 12.4. The molecule has 1 aliphatic heterocycles. The number of benzene rings is 2. The van der Waals surface area contributed by atoms with Gasteiger partial charge in [-0.05, 0) is 40.7 Å². The maximum absolute atomic E-state index is 12.4. The van der Waals surface area contributed by atoms with Crippen molar-refractivity contribution >= 4 is 5.78 Å². The van der Waals surface area contributed by atoms with Gasteiger partial charge >= 0.3 is 0 Å². The lowest BCUT2D eigenvalue weighted by Gasteiger charge is -2.29. The average molecular weight is 264 g/mol. The van der Waals surface area contributed by atoms with Gasteiger partial charge in [-0.2, -0.15) is 0 Å². The van der Waals surface area contributed by atoms with Crippen LogP contribution in [-0.4, -0.2) is 5.78 Å². The fourth-order valence-corrected chi connectivity index (χ4v) is 3.23. The minimum Gasteiger partial charge on any atom is -0.372 e. The first-order valence-electron chi connectivity index (χ1n) is 7.12. The van der Waals surface area contributed by atoms with Crippen molar-refractivity contribution in [3.05, 3.63) is 70.3 Å². The van der Waals surface area contributed by atoms with Gasteiger partial charge in [-0.3, -0.25) is 4.79 Å². The van der Waals surface area contributed by atoms with E-state index in [-0.39, 0.29) is 5.78 Å². The monoisotopic (exact) mass is 264 g/mol. The fraction of sp³-hybridized carbons (Fsp3) is 0.278. The summed E-state index contributed by atoms with van der Waals surface area (Å²) in [5.74, 6) is 0.655. The van der Waals surface area contributed by atoms with Crippen LogP contribution in [0.1, 0.15) is 45.0 Å². The number of fused-ring (bicyclic) bond motifs is 2. The van der Waals surface area contributed by atoms with Crippen LogP contribution in [0.4, 0.5) is 0 Å². The van der Waals surface area contributed by atoms with E-state index in [1.807, 2.05) is 18.2 Å². The average Bonchev–Trinajstić information content (AvgIpc) is 2.92. The summed E-state index contributed by atoms with van der Waals surface area (Å²) in [6, 6.07) is 14.4. The van der Waals surface area contributed by atoms with Crippen LogP contribution in [0.5, 0.6) is 0 Å². The Kier molecular flexibility index (Phi) is 2.71. The van der Waals surface area contributed by atoms with Crippen molar-refractivity contribution in [1.29, 1.82) is 0 Å². The Morgan fingerprint density at radius 1 is 1.05 bits per heavy atom. The van der Waals surface area contributed by atoms with E-state index in [4.69, 9.17) is 4.74 Å². The van der Waals surface area contributed by atoms with Crippen molar-refractivity contribution in [3.63, 3.8) is 0 Å². The van der Waals surface area contributed by atoms with E-state index in [0.717, 1.165) is 12.0 Å². The Balaban J connectivity index is 1.52. The SMILES string of the molecule is O=C(CC1Cc2ccccc21)c1ccc2c(c1)COC2. The van der Waals surface area contributed by atoms with E-state index in [2.05, 4.69) is 24.3 Å². The van der Waals surface area contributed by atoms with Gasteiger partial charge in [0.2, 0.25) is 0 Å². The lowest BCUT2D eigenvalue weighted by atomic mass is 9.74. The predicted molar refractivity (Wildman–Crippen MR) is 76.8 cm³/mol. The molecule has 0 aromatic heterocycles. The topological polar surface area (TPSA) is 26.3 Å². The van der Waals surface area contributed by atoms with E-state index < -0.39 is 0 Å². The van der Waals surface area contributed by atoms with Crippen LogP contribution in [0.25, 0.3) is 0 Å². The second-order valence-electron chi connectivity index (χ2n) is 5.70. The minimum atomic E-state index is 0.249. The standard InChI is InChI=1S/C18H16O2/c19-18(9-15-7-12-3-1-2-4-17(12)15)13-5-6-14-10-20-11-16(14)8-13/h1-6,8,15H,7,9-11H2. The largest absolute Gasteiger partial charge is 0.372 e. The van der Waals surface area contributed by atoms with Crippen molar-refractivity contribution < 1.29 is 9.53 Å². The zero-order valence-corrected chi connectivity index (χ0v) is 11.3. The quantitative estimate of drug-likeness (QED) is 0.791. The number of ketones is 1. The van der Waals surface area contributed by atoms with Gasteiger partial charge in [-0.1, -0.05) is 36.4 Å². The molecule has 0 radical (unpaired) electrons. The zero-order chi connectivity index (χ0) is 13.5. The molecule has 2 aromatic carbocycles. The van der Waals surface area contributed by atoms with Gasteiger partial charge in [0.15, 0.2) is 5.78 Å². The molecule has 0 N–H and O–H groups in total. The first kappa shape index (κ1) is 11.9. The Morgan fingerprint density at radius 3 is 2.80 bits per heavy atom. The van der Waals surface area contributed by atoms with Crippen molar-refractivity contribution in [2.24, 2.45) is 0 Å². The van der Waals surface area contributed by atoms with Gasteiger partial charge in [-0.15, -0.1) is 0 Å². The third-order valence-electron chi connectivity index (χ3n) is 4.44. The van der Waals surface area contributed by atoms with Gasteiger partial charge in [0.25, 0.3) is 0 Å². The van der Waals surface area contributed by atoms with Crippen LogP contribution < -0.4 is 0 Å². The zero-order valence-electron chi connectivity index (χ0n) is 11.3. The van der Waals surface area contributed by atoms with Crippen LogP contribution in [-0.2, 0) is 24.4 Å². The molecule has 0 spiro atoms. The molecule has 1 unspecified atom stereocenters. The van der Waals surface area contributed by atoms with Crippen LogP contribution >= 0.6 is 0 Å². The molecule has 20 heavy (non-hydrogen) atoms. The van der Waals surface area contributed by atoms with E-state index in [0.29, 0.717) is 25.6 Å². The summed E-state index contributed by atoms with van der Waals surface area (Å²) in [7, 11) is 0. The smallest absolute Gasteiger partial charge is 0.163 e. The van der Waals surface area contributed by atoms with Gasteiger partial charge < -0.3 is 4.74 Å². The number of hydrogen-bond acceptors (Lipinski definition) is 2. The van der Waals surface area contributed by atoms with Crippen molar-refractivity contribution in [2.75, 3.05) is 0 Å². The van der Waals surface area contributed by atoms with Crippen molar-refractivity contribution in [1.82, 2.24) is 0 Å². The lowest BCUT2D eigenvalue weighted by molar-refractivity contribution is 0.0970. The summed E-state index contributed by atoms with van der Waals surface area (Å²) in [6.07, 6.45) is 1.66. The van der Waals surface area contributed by atoms with E-state index in [9.17, 15) is 4.79 Å². The molecule has 2 heteroatoms. The van der Waals surface area contributed by atoms with Crippen LogP contribution in [0, 0.1) is 0 Å². The molecule has 1 aliphatic carbocycles. The summed E-state index contributed by atoms with van der Waals surface area (Å²) < 4.78 is 5.40. The van der Waals surface area contributed by atoms with Crippen LogP contribution in [0.15, 0.2) is 42.5 Å². The molecule has 2 nitrogen and oxygen atoms in total. The molecule has 2 aromatic rings. The highest BCUT2D eigenvalue weighted by Gasteiger charge is 2.28. The molecule has 1 atom stereocenters. The number of Topliss-reactive ketones (excluding diaryl/α,β-unsaturated/α-hetero) is 1. The number of carbonyl (C=O) groups excluding carboxylic acids is 1. The second kappa shape index (κ2) is 4.57. The molecule has 100 valence electrons. The van der Waals surface area contributed by atoms with E-state index in [1.165, 1.54) is 22.3 Å². The third kappa shape index (κ3) is 1.88. The van der Waals surface area contributed by atoms with Gasteiger partial charge in [0.05, 0.1) is 13.2 Å². The molecule has 4 rings (SSSR count). The number of carbonyl (C=O) groups is 1. The molecule has 0 saturated heterocycles. The Bertz CT molecular complexity index is 688. The minimum absolute atomic E-state index is 0.249. The van der Waals surface area contributed by atoms with Gasteiger partial charge in [0.1, 0.15) is 0 Å². The lowest BCUT2D eigenvalue weighted by Crippen LogP contribution is -2.20. The molecular formula is C18H16O2. The highest BCUT2D eigenvalue weighted by molar-refractivity contribution is 5.97. The Hall–Kier alpha value is -1.93. The van der Waals surface area contributed by atoms with Gasteiger partial charge in [0, 0.05) is 12.0 Å². The summed E-state index contributed by atoms with van der Waals surface area (Å²) in [5, 5.41) is 0. The van der Waals surface area contributed by atoms with Crippen LogP contribution in [0.3, 0.4) is 0 Å². The van der Waals surface area contributed by atoms with Crippen molar-refractivity contribution in [3.8, 4) is 0 Å². The highest BCUT2D eigenvalue weighted by atomic mass is 16.5. The molecule has 0 fully saturated rings. The molecular weight excluding hydrogens is 248 g/mol. The summed E-state index contributed by atoms with van der Waals surface area (Å²) >= 11 is 0. The van der Waals surface area contributed by atoms with Crippen LogP contribution in [0.2, 0.25) is 0 Å². The Morgan fingerprint density at radius 2 is 1.90 bits per heavy atom. The molecule has 1 heterocycles. The maximum atomic E-state index is 12.4. The first-order valence-corrected chi connectivity index (χ1v) is 7.12. The van der Waals surface area contributed by atoms with E-state index in [1.54, 1.807) is 0 Å². The molecule has 2 aliphatic rings. The van der Waals surface area contributed by atoms with Crippen molar-refractivity contribution in [2.45, 2.75) is 32.0 Å². The van der Waals surface area contributed by atoms with E-state index >= 15 is 0 Å².